The van der Waals surface area contributed by atoms with Gasteiger partial charge in [-0.15, -0.1) is 0 Å². The molecule has 4 atom stereocenters. The molecule has 0 aliphatic carbocycles. The Labute approximate surface area is 234 Å². The van der Waals surface area contributed by atoms with E-state index in [0.29, 0.717) is 19.4 Å². The Hall–Kier alpha value is -4.74. The van der Waals surface area contributed by atoms with Crippen LogP contribution in [-0.4, -0.2) is 64.0 Å². The summed E-state index contributed by atoms with van der Waals surface area (Å²) >= 11 is 0. The van der Waals surface area contributed by atoms with E-state index in [2.05, 4.69) is 4.98 Å². The van der Waals surface area contributed by atoms with Gasteiger partial charge < -0.3 is 24.1 Å². The lowest BCUT2D eigenvalue weighted by molar-refractivity contribution is -0.384. The maximum absolute atomic E-state index is 13.4. The van der Waals surface area contributed by atoms with E-state index in [1.165, 1.54) is 38.1 Å². The summed E-state index contributed by atoms with van der Waals surface area (Å²) in [4.78, 5) is 65.9. The van der Waals surface area contributed by atoms with Crippen LogP contribution in [0, 0.1) is 16.0 Å². The van der Waals surface area contributed by atoms with Crippen LogP contribution in [-0.2, 0) is 35.0 Å². The average molecular weight is 564 g/mol. The number of piperidine rings is 1. The van der Waals surface area contributed by atoms with Gasteiger partial charge in [-0.2, -0.15) is 0 Å². The minimum absolute atomic E-state index is 0.0536. The molecule has 0 spiro atoms. The van der Waals surface area contributed by atoms with Crippen LogP contribution in [0.5, 0.6) is 0 Å². The number of hydrogen-bond acceptors (Lipinski definition) is 9. The minimum Gasteiger partial charge on any atom is -0.458 e. The molecule has 3 aromatic rings. The SMILES string of the molecule is CC(=O)O[C@@H]([C@H]1CC(=O)N2CCc3c([nH]c4ccccc34)[C@@H]2C1)[C@@H](COC(=O)c1ccc([N+](=O)[O-])cc1)OC(C)=O. The first-order valence-corrected chi connectivity index (χ1v) is 13.3. The van der Waals surface area contributed by atoms with Gasteiger partial charge in [0, 0.05) is 61.5 Å². The van der Waals surface area contributed by atoms with Gasteiger partial charge in [0.15, 0.2) is 6.10 Å². The Bertz CT molecular complexity index is 1510. The zero-order valence-electron chi connectivity index (χ0n) is 22.5. The summed E-state index contributed by atoms with van der Waals surface area (Å²) in [6.07, 6.45) is -1.06. The second-order valence-corrected chi connectivity index (χ2v) is 10.2. The molecule has 41 heavy (non-hydrogen) atoms. The van der Waals surface area contributed by atoms with Crippen LogP contribution in [0.15, 0.2) is 48.5 Å². The number of H-pyrrole nitrogens is 1. The third-order valence-corrected chi connectivity index (χ3v) is 7.58. The number of hydrogen-bond donors (Lipinski definition) is 1. The van der Waals surface area contributed by atoms with Crippen molar-refractivity contribution < 1.29 is 38.3 Å². The van der Waals surface area contributed by atoms with Gasteiger partial charge in [-0.05, 0) is 36.6 Å². The van der Waals surface area contributed by atoms with Crippen molar-refractivity contribution in [1.82, 2.24) is 9.88 Å². The molecule has 0 radical (unpaired) electrons. The molecule has 12 heteroatoms. The first-order chi connectivity index (χ1) is 19.6. The van der Waals surface area contributed by atoms with Crippen molar-refractivity contribution in [2.45, 2.75) is 51.4 Å². The maximum Gasteiger partial charge on any atom is 0.338 e. The fraction of sp³-hybridized carbons (Fsp3) is 0.379. The number of carbonyl (C=O) groups excluding carboxylic acids is 4. The van der Waals surface area contributed by atoms with Crippen LogP contribution < -0.4 is 0 Å². The van der Waals surface area contributed by atoms with Crippen molar-refractivity contribution >= 4 is 40.4 Å². The Balaban J connectivity index is 1.39. The van der Waals surface area contributed by atoms with Crippen molar-refractivity contribution in [1.29, 1.82) is 0 Å². The number of fused-ring (bicyclic) bond motifs is 5. The molecule has 214 valence electrons. The lowest BCUT2D eigenvalue weighted by Gasteiger charge is -2.44. The summed E-state index contributed by atoms with van der Waals surface area (Å²) in [7, 11) is 0. The molecule has 0 saturated carbocycles. The number of amides is 1. The molecule has 1 fully saturated rings. The number of ether oxygens (including phenoxy) is 3. The Kier molecular flexibility index (Phi) is 7.73. The van der Waals surface area contributed by atoms with Gasteiger partial charge in [0.25, 0.3) is 5.69 Å². The number of nitro benzene ring substituents is 1. The van der Waals surface area contributed by atoms with Crippen LogP contribution in [0.25, 0.3) is 10.9 Å². The molecular formula is C29H29N3O9. The molecule has 2 aliphatic heterocycles. The summed E-state index contributed by atoms with van der Waals surface area (Å²) in [5.41, 5.74) is 2.92. The summed E-state index contributed by atoms with van der Waals surface area (Å²) in [6.45, 7) is 2.50. The predicted octanol–water partition coefficient (Wildman–Crippen LogP) is 3.63. The summed E-state index contributed by atoms with van der Waals surface area (Å²) in [5.74, 6) is -2.78. The second kappa shape index (κ2) is 11.4. The summed E-state index contributed by atoms with van der Waals surface area (Å²) in [6, 6.07) is 12.5. The first-order valence-electron chi connectivity index (χ1n) is 13.3. The van der Waals surface area contributed by atoms with E-state index in [1.807, 2.05) is 29.2 Å². The average Bonchev–Trinajstić information content (AvgIpc) is 3.33. The van der Waals surface area contributed by atoms with Gasteiger partial charge in [0.05, 0.1) is 16.5 Å². The zero-order valence-corrected chi connectivity index (χ0v) is 22.5. The number of esters is 3. The molecule has 5 rings (SSSR count). The van der Waals surface area contributed by atoms with Gasteiger partial charge >= 0.3 is 17.9 Å². The fourth-order valence-electron chi connectivity index (χ4n) is 5.86. The Morgan fingerprint density at radius 2 is 1.78 bits per heavy atom. The van der Waals surface area contributed by atoms with Gasteiger partial charge in [-0.3, -0.25) is 24.5 Å². The molecule has 0 unspecified atom stereocenters. The highest BCUT2D eigenvalue weighted by atomic mass is 16.6. The topological polar surface area (TPSA) is 158 Å². The number of aromatic nitrogens is 1. The standard InChI is InChI=1S/C29H29N3O9/c1-16(33)40-25(15-39-29(36)18-7-9-20(10-8-18)32(37)38)28(41-17(2)34)19-13-24-27-22(11-12-31(24)26(35)14-19)21-5-3-4-6-23(21)30-27/h3-10,19,24-25,28,30H,11-15H2,1-2H3/t19-,24+,25-,28+/m1/s1. The predicted molar refractivity (Wildman–Crippen MR) is 144 cm³/mol. The number of aromatic amines is 1. The number of para-hydroxylation sites is 1. The Morgan fingerprint density at radius 1 is 1.07 bits per heavy atom. The molecular weight excluding hydrogens is 534 g/mol. The normalized spacial score (nSPS) is 19.5. The first kappa shape index (κ1) is 27.8. The van der Waals surface area contributed by atoms with Crippen LogP contribution >= 0.6 is 0 Å². The van der Waals surface area contributed by atoms with E-state index in [9.17, 15) is 29.3 Å². The second-order valence-electron chi connectivity index (χ2n) is 10.2. The van der Waals surface area contributed by atoms with E-state index in [1.54, 1.807) is 0 Å². The highest BCUT2D eigenvalue weighted by Gasteiger charge is 2.46. The van der Waals surface area contributed by atoms with Crippen molar-refractivity contribution in [3.8, 4) is 0 Å². The number of benzene rings is 2. The van der Waals surface area contributed by atoms with Gasteiger partial charge in [0.1, 0.15) is 12.7 Å². The summed E-state index contributed by atoms with van der Waals surface area (Å²) < 4.78 is 16.5. The third kappa shape index (κ3) is 5.76. The molecule has 0 bridgehead atoms. The van der Waals surface area contributed by atoms with Crippen molar-refractivity contribution in [3.05, 3.63) is 75.5 Å². The number of carbonyl (C=O) groups is 4. The molecule has 1 amide bonds. The van der Waals surface area contributed by atoms with E-state index in [4.69, 9.17) is 14.2 Å². The highest BCUT2D eigenvalue weighted by molar-refractivity contribution is 5.89. The van der Waals surface area contributed by atoms with Crippen LogP contribution in [0.4, 0.5) is 5.69 Å². The molecule has 3 heterocycles. The van der Waals surface area contributed by atoms with Gasteiger partial charge in [-0.1, -0.05) is 18.2 Å². The highest BCUT2D eigenvalue weighted by Crippen LogP contribution is 2.43. The van der Waals surface area contributed by atoms with Gasteiger partial charge in [-0.25, -0.2) is 4.79 Å². The lowest BCUT2D eigenvalue weighted by Crippen LogP contribution is -2.51. The van der Waals surface area contributed by atoms with E-state index in [0.717, 1.165) is 22.2 Å². The zero-order chi connectivity index (χ0) is 29.3. The monoisotopic (exact) mass is 563 g/mol. The van der Waals surface area contributed by atoms with Gasteiger partial charge in [0.2, 0.25) is 5.91 Å². The molecule has 2 aliphatic rings. The molecule has 2 aromatic carbocycles. The number of nitrogens with zero attached hydrogens (tertiary/aromatic N) is 2. The smallest absolute Gasteiger partial charge is 0.338 e. The summed E-state index contributed by atoms with van der Waals surface area (Å²) in [5, 5.41) is 12.0. The van der Waals surface area contributed by atoms with E-state index >= 15 is 0 Å². The molecule has 1 N–H and O–H groups in total. The number of nitro groups is 1. The Morgan fingerprint density at radius 3 is 2.46 bits per heavy atom. The molecule has 1 saturated heterocycles. The van der Waals surface area contributed by atoms with E-state index in [-0.39, 0.29) is 29.6 Å². The number of non-ortho nitro benzene ring substituents is 1. The maximum atomic E-state index is 13.4. The van der Waals surface area contributed by atoms with Crippen molar-refractivity contribution in [2.24, 2.45) is 5.92 Å². The molecule has 1 aromatic heterocycles. The van der Waals surface area contributed by atoms with Crippen LogP contribution in [0.3, 0.4) is 0 Å². The fourth-order valence-corrected chi connectivity index (χ4v) is 5.86. The van der Waals surface area contributed by atoms with Crippen molar-refractivity contribution in [3.63, 3.8) is 0 Å². The van der Waals surface area contributed by atoms with E-state index < -0.39 is 47.6 Å². The largest absolute Gasteiger partial charge is 0.458 e. The number of nitrogens with one attached hydrogen (secondary N) is 1. The number of rotatable bonds is 8. The lowest BCUT2D eigenvalue weighted by atomic mass is 9.80. The quantitative estimate of drug-likeness (QED) is 0.187. The van der Waals surface area contributed by atoms with Crippen LogP contribution in [0.1, 0.15) is 54.3 Å². The third-order valence-electron chi connectivity index (χ3n) is 7.58. The van der Waals surface area contributed by atoms with Crippen LogP contribution in [0.2, 0.25) is 0 Å². The minimum atomic E-state index is -1.19. The van der Waals surface area contributed by atoms with Crippen molar-refractivity contribution in [2.75, 3.05) is 13.2 Å². The molecule has 12 nitrogen and oxygen atoms in total.